The summed E-state index contributed by atoms with van der Waals surface area (Å²) in [5.41, 5.74) is 1.87. The largest absolute Gasteiger partial charge is 0.325 e. The number of anilines is 1. The van der Waals surface area contributed by atoms with Gasteiger partial charge in [-0.25, -0.2) is 4.68 Å². The summed E-state index contributed by atoms with van der Waals surface area (Å²) in [4.78, 5) is 11.9. The molecule has 2 aromatic rings. The molecule has 0 saturated carbocycles. The van der Waals surface area contributed by atoms with Crippen LogP contribution in [0.5, 0.6) is 0 Å². The van der Waals surface area contributed by atoms with Crippen molar-refractivity contribution in [3.05, 3.63) is 29.8 Å². The standard InChI is InChI=1S/C13H17N5OS/c1-9(2)18-13(15-16-17-18)20-8-12(19)14-11-7-5-4-6-10(11)3/h4-7,9H,8H2,1-3H3,(H,14,19). The maximum absolute atomic E-state index is 11.9. The van der Waals surface area contributed by atoms with Gasteiger partial charge in [-0.3, -0.25) is 4.79 Å². The highest BCUT2D eigenvalue weighted by Crippen LogP contribution is 2.18. The maximum atomic E-state index is 11.9. The molecule has 1 N–H and O–H groups in total. The van der Waals surface area contributed by atoms with Crippen molar-refractivity contribution in [3.63, 3.8) is 0 Å². The first kappa shape index (κ1) is 14.5. The smallest absolute Gasteiger partial charge is 0.234 e. The van der Waals surface area contributed by atoms with Crippen LogP contribution >= 0.6 is 11.8 Å². The van der Waals surface area contributed by atoms with Gasteiger partial charge >= 0.3 is 0 Å². The van der Waals surface area contributed by atoms with E-state index < -0.39 is 0 Å². The summed E-state index contributed by atoms with van der Waals surface area (Å²) in [6.07, 6.45) is 0. The first-order valence-corrected chi connectivity index (χ1v) is 7.32. The number of benzene rings is 1. The Morgan fingerprint density at radius 1 is 1.40 bits per heavy atom. The summed E-state index contributed by atoms with van der Waals surface area (Å²) in [7, 11) is 0. The van der Waals surface area contributed by atoms with Gasteiger partial charge in [0.05, 0.1) is 11.8 Å². The second kappa shape index (κ2) is 6.51. The minimum absolute atomic E-state index is 0.0670. The maximum Gasteiger partial charge on any atom is 0.234 e. The molecule has 0 unspecified atom stereocenters. The van der Waals surface area contributed by atoms with Crippen molar-refractivity contribution >= 4 is 23.4 Å². The molecule has 106 valence electrons. The Kier molecular flexibility index (Phi) is 4.73. The predicted octanol–water partition coefficient (Wildman–Crippen LogP) is 2.29. The molecule has 0 spiro atoms. The Balaban J connectivity index is 1.93. The lowest BCUT2D eigenvalue weighted by atomic mass is 10.2. The molecule has 2 rings (SSSR count). The Labute approximate surface area is 121 Å². The fourth-order valence-electron chi connectivity index (χ4n) is 1.63. The Morgan fingerprint density at radius 2 is 2.15 bits per heavy atom. The van der Waals surface area contributed by atoms with Gasteiger partial charge in [0.25, 0.3) is 0 Å². The Bertz CT molecular complexity index is 596. The van der Waals surface area contributed by atoms with E-state index in [2.05, 4.69) is 20.8 Å². The van der Waals surface area contributed by atoms with E-state index in [0.717, 1.165) is 11.3 Å². The van der Waals surface area contributed by atoms with E-state index in [0.29, 0.717) is 5.16 Å². The van der Waals surface area contributed by atoms with Crippen LogP contribution in [-0.2, 0) is 4.79 Å². The number of carbonyl (C=O) groups excluding carboxylic acids is 1. The van der Waals surface area contributed by atoms with Gasteiger partial charge in [-0.05, 0) is 42.8 Å². The van der Waals surface area contributed by atoms with Crippen molar-refractivity contribution in [1.82, 2.24) is 20.2 Å². The molecular formula is C13H17N5OS. The normalized spacial score (nSPS) is 10.8. The minimum Gasteiger partial charge on any atom is -0.325 e. The summed E-state index contributed by atoms with van der Waals surface area (Å²) < 4.78 is 1.70. The van der Waals surface area contributed by atoms with Crippen LogP contribution in [0.3, 0.4) is 0 Å². The van der Waals surface area contributed by atoms with Crippen LogP contribution in [0.15, 0.2) is 29.4 Å². The average molecular weight is 291 g/mol. The number of aryl methyl sites for hydroxylation is 1. The number of carbonyl (C=O) groups is 1. The number of hydrogen-bond donors (Lipinski definition) is 1. The lowest BCUT2D eigenvalue weighted by Crippen LogP contribution is -2.15. The predicted molar refractivity (Wildman–Crippen MR) is 78.7 cm³/mol. The van der Waals surface area contributed by atoms with E-state index >= 15 is 0 Å². The fraction of sp³-hybridized carbons (Fsp3) is 0.385. The van der Waals surface area contributed by atoms with Gasteiger partial charge in [0, 0.05) is 5.69 Å². The van der Waals surface area contributed by atoms with E-state index in [-0.39, 0.29) is 17.7 Å². The van der Waals surface area contributed by atoms with E-state index in [1.807, 2.05) is 45.0 Å². The number of tetrazole rings is 1. The highest BCUT2D eigenvalue weighted by molar-refractivity contribution is 7.99. The zero-order chi connectivity index (χ0) is 14.5. The number of nitrogens with zero attached hydrogens (tertiary/aromatic N) is 4. The van der Waals surface area contributed by atoms with Crippen LogP contribution in [0.4, 0.5) is 5.69 Å². The summed E-state index contributed by atoms with van der Waals surface area (Å²) in [6.45, 7) is 5.95. The zero-order valence-electron chi connectivity index (χ0n) is 11.7. The van der Waals surface area contributed by atoms with Crippen molar-refractivity contribution in [1.29, 1.82) is 0 Å². The van der Waals surface area contributed by atoms with Gasteiger partial charge in [-0.1, -0.05) is 30.0 Å². The molecule has 1 aromatic heterocycles. The molecule has 0 radical (unpaired) electrons. The third-order valence-electron chi connectivity index (χ3n) is 2.70. The van der Waals surface area contributed by atoms with Crippen LogP contribution in [0.25, 0.3) is 0 Å². The molecule has 0 aliphatic rings. The second-order valence-corrected chi connectivity index (χ2v) is 5.59. The van der Waals surface area contributed by atoms with E-state index in [1.165, 1.54) is 11.8 Å². The third-order valence-corrected chi connectivity index (χ3v) is 3.64. The molecule has 1 amide bonds. The molecule has 0 fully saturated rings. The fourth-order valence-corrected chi connectivity index (χ4v) is 2.44. The lowest BCUT2D eigenvalue weighted by molar-refractivity contribution is -0.113. The van der Waals surface area contributed by atoms with Gasteiger partial charge in [-0.2, -0.15) is 0 Å². The van der Waals surface area contributed by atoms with Crippen LogP contribution in [0.1, 0.15) is 25.5 Å². The molecule has 0 bridgehead atoms. The lowest BCUT2D eigenvalue weighted by Gasteiger charge is -2.09. The number of rotatable bonds is 5. The third kappa shape index (κ3) is 3.57. The highest BCUT2D eigenvalue weighted by Gasteiger charge is 2.12. The summed E-state index contributed by atoms with van der Waals surface area (Å²) in [5, 5.41) is 15.0. The van der Waals surface area contributed by atoms with E-state index in [1.54, 1.807) is 4.68 Å². The number of aromatic nitrogens is 4. The van der Waals surface area contributed by atoms with E-state index in [9.17, 15) is 4.79 Å². The highest BCUT2D eigenvalue weighted by atomic mass is 32.2. The molecule has 7 heteroatoms. The van der Waals surface area contributed by atoms with Gasteiger partial charge in [0.15, 0.2) is 0 Å². The van der Waals surface area contributed by atoms with Crippen LogP contribution in [0.2, 0.25) is 0 Å². The average Bonchev–Trinajstić information content (AvgIpc) is 2.88. The Hall–Kier alpha value is -1.89. The molecule has 0 aliphatic carbocycles. The second-order valence-electron chi connectivity index (χ2n) is 4.65. The summed E-state index contributed by atoms with van der Waals surface area (Å²) in [5.74, 6) is 0.212. The topological polar surface area (TPSA) is 72.7 Å². The Morgan fingerprint density at radius 3 is 2.85 bits per heavy atom. The van der Waals surface area contributed by atoms with Gasteiger partial charge < -0.3 is 5.32 Å². The van der Waals surface area contributed by atoms with Crippen molar-refractivity contribution in [2.24, 2.45) is 0 Å². The molecule has 0 saturated heterocycles. The van der Waals surface area contributed by atoms with Gasteiger partial charge in [0.1, 0.15) is 0 Å². The molecule has 0 atom stereocenters. The van der Waals surface area contributed by atoms with Crippen LogP contribution < -0.4 is 5.32 Å². The number of amides is 1. The molecule has 1 aromatic carbocycles. The van der Waals surface area contributed by atoms with Crippen LogP contribution in [0, 0.1) is 6.92 Å². The van der Waals surface area contributed by atoms with Crippen LogP contribution in [-0.4, -0.2) is 31.9 Å². The monoisotopic (exact) mass is 291 g/mol. The van der Waals surface area contributed by atoms with Crippen molar-refractivity contribution in [2.75, 3.05) is 11.1 Å². The first-order chi connectivity index (χ1) is 9.58. The van der Waals surface area contributed by atoms with Crippen molar-refractivity contribution in [3.8, 4) is 0 Å². The van der Waals surface area contributed by atoms with Crippen molar-refractivity contribution < 1.29 is 4.79 Å². The number of thioether (sulfide) groups is 1. The molecule has 0 aliphatic heterocycles. The number of hydrogen-bond acceptors (Lipinski definition) is 5. The number of para-hydroxylation sites is 1. The molecule has 20 heavy (non-hydrogen) atoms. The van der Waals surface area contributed by atoms with Gasteiger partial charge in [-0.15, -0.1) is 5.10 Å². The minimum atomic E-state index is -0.0670. The first-order valence-electron chi connectivity index (χ1n) is 6.34. The molecule has 6 nitrogen and oxygen atoms in total. The van der Waals surface area contributed by atoms with Gasteiger partial charge in [0.2, 0.25) is 11.1 Å². The molecular weight excluding hydrogens is 274 g/mol. The zero-order valence-corrected chi connectivity index (χ0v) is 12.5. The van der Waals surface area contributed by atoms with E-state index in [4.69, 9.17) is 0 Å². The summed E-state index contributed by atoms with van der Waals surface area (Å²) >= 11 is 1.33. The quantitative estimate of drug-likeness (QED) is 0.856. The number of nitrogens with one attached hydrogen (secondary N) is 1. The van der Waals surface area contributed by atoms with Crippen molar-refractivity contribution in [2.45, 2.75) is 32.0 Å². The SMILES string of the molecule is Cc1ccccc1NC(=O)CSc1nnnn1C(C)C. The summed E-state index contributed by atoms with van der Waals surface area (Å²) in [6, 6.07) is 7.86. The molecule has 1 heterocycles.